The average Bonchev–Trinajstić information content (AvgIpc) is 3.21. The van der Waals surface area contributed by atoms with Crippen molar-refractivity contribution in [2.45, 2.75) is 44.7 Å². The Morgan fingerprint density at radius 2 is 1.80 bits per heavy atom. The first-order valence-corrected chi connectivity index (χ1v) is 11.0. The molecular weight excluding hydrogens is 398 g/mol. The molecule has 1 amide bonds. The molecule has 0 saturated heterocycles. The number of Topliss-reactive ketones (excluding diaryl/α,β-unsaturated/α-hetero) is 1. The standard InChI is InChI=1S/C22H25N5O2S/c1-3-4-5-17-6-12-20(13-7-17)27-22(24-25-26-27)30-15-14-21(29)23-19-10-8-18(9-11-19)16(2)28/h6-13H,3-5,14-15H2,1-2H3,(H,23,29). The molecule has 2 aromatic carbocycles. The summed E-state index contributed by atoms with van der Waals surface area (Å²) in [6, 6.07) is 15.1. The minimum absolute atomic E-state index is 0.00223. The first-order chi connectivity index (χ1) is 14.6. The van der Waals surface area contributed by atoms with Gasteiger partial charge >= 0.3 is 0 Å². The lowest BCUT2D eigenvalue weighted by atomic mass is 10.1. The highest BCUT2D eigenvalue weighted by Crippen LogP contribution is 2.20. The summed E-state index contributed by atoms with van der Waals surface area (Å²) in [7, 11) is 0. The lowest BCUT2D eigenvalue weighted by Gasteiger charge is -2.07. The summed E-state index contributed by atoms with van der Waals surface area (Å²) in [5.74, 6) is 0.446. The molecule has 1 N–H and O–H groups in total. The second kappa shape index (κ2) is 10.7. The number of carbonyl (C=O) groups is 2. The van der Waals surface area contributed by atoms with E-state index in [9.17, 15) is 9.59 Å². The van der Waals surface area contributed by atoms with Crippen LogP contribution in [0.3, 0.4) is 0 Å². The fraction of sp³-hybridized carbons (Fsp3) is 0.318. The fourth-order valence-corrected chi connectivity index (χ4v) is 3.69. The van der Waals surface area contributed by atoms with E-state index in [0.29, 0.717) is 28.6 Å². The minimum atomic E-state index is -0.0997. The van der Waals surface area contributed by atoms with Gasteiger partial charge in [-0.3, -0.25) is 9.59 Å². The molecule has 0 aliphatic heterocycles. The van der Waals surface area contributed by atoms with Gasteiger partial charge in [-0.2, -0.15) is 4.68 Å². The molecule has 0 atom stereocenters. The van der Waals surface area contributed by atoms with E-state index in [2.05, 4.69) is 39.9 Å². The van der Waals surface area contributed by atoms with E-state index in [1.165, 1.54) is 37.1 Å². The monoisotopic (exact) mass is 423 g/mol. The molecule has 0 bridgehead atoms. The van der Waals surface area contributed by atoms with Gasteiger partial charge < -0.3 is 5.32 Å². The summed E-state index contributed by atoms with van der Waals surface area (Å²) < 4.78 is 1.69. The van der Waals surface area contributed by atoms with Crippen LogP contribution in [-0.4, -0.2) is 37.7 Å². The van der Waals surface area contributed by atoms with Crippen LogP contribution in [0.2, 0.25) is 0 Å². The van der Waals surface area contributed by atoms with Crippen molar-refractivity contribution in [3.8, 4) is 5.69 Å². The highest BCUT2D eigenvalue weighted by Gasteiger charge is 2.11. The zero-order valence-corrected chi connectivity index (χ0v) is 18.0. The van der Waals surface area contributed by atoms with Crippen LogP contribution in [0.15, 0.2) is 53.7 Å². The maximum absolute atomic E-state index is 12.2. The van der Waals surface area contributed by atoms with Crippen LogP contribution in [0.5, 0.6) is 0 Å². The SMILES string of the molecule is CCCCc1ccc(-n2nnnc2SCCC(=O)Nc2ccc(C(C)=O)cc2)cc1. The number of amides is 1. The van der Waals surface area contributed by atoms with Crippen molar-refractivity contribution < 1.29 is 9.59 Å². The highest BCUT2D eigenvalue weighted by atomic mass is 32.2. The Kier molecular flexibility index (Phi) is 7.73. The first-order valence-electron chi connectivity index (χ1n) is 9.98. The Morgan fingerprint density at radius 1 is 1.07 bits per heavy atom. The molecule has 1 heterocycles. The quantitative estimate of drug-likeness (QED) is 0.386. The molecule has 3 rings (SSSR count). The van der Waals surface area contributed by atoms with Gasteiger partial charge in [-0.15, -0.1) is 5.10 Å². The Hall–Kier alpha value is -3.00. The van der Waals surface area contributed by atoms with Gasteiger partial charge in [0, 0.05) is 23.4 Å². The number of hydrogen-bond donors (Lipinski definition) is 1. The maximum Gasteiger partial charge on any atom is 0.225 e. The number of aromatic nitrogens is 4. The third kappa shape index (κ3) is 6.00. The smallest absolute Gasteiger partial charge is 0.225 e. The fourth-order valence-electron chi connectivity index (χ4n) is 2.86. The van der Waals surface area contributed by atoms with Crippen LogP contribution in [0.1, 0.15) is 49.0 Å². The number of anilines is 1. The number of nitrogens with one attached hydrogen (secondary N) is 1. The van der Waals surface area contributed by atoms with Crippen LogP contribution < -0.4 is 5.32 Å². The van der Waals surface area contributed by atoms with E-state index >= 15 is 0 Å². The zero-order valence-electron chi connectivity index (χ0n) is 17.2. The summed E-state index contributed by atoms with van der Waals surface area (Å²) >= 11 is 1.43. The molecular formula is C22H25N5O2S. The summed E-state index contributed by atoms with van der Waals surface area (Å²) in [5.41, 5.74) is 3.49. The molecule has 0 radical (unpaired) electrons. The summed E-state index contributed by atoms with van der Waals surface area (Å²) in [5, 5.41) is 15.4. The van der Waals surface area contributed by atoms with Crippen molar-refractivity contribution >= 4 is 29.1 Å². The molecule has 0 spiro atoms. The molecule has 0 fully saturated rings. The second-order valence-electron chi connectivity index (χ2n) is 6.92. The van der Waals surface area contributed by atoms with E-state index in [0.717, 1.165) is 12.1 Å². The molecule has 1 aromatic heterocycles. The zero-order chi connectivity index (χ0) is 21.3. The van der Waals surface area contributed by atoms with Gasteiger partial charge in [-0.25, -0.2) is 0 Å². The van der Waals surface area contributed by atoms with E-state index < -0.39 is 0 Å². The normalized spacial score (nSPS) is 10.7. The van der Waals surface area contributed by atoms with E-state index in [4.69, 9.17) is 0 Å². The number of hydrogen-bond acceptors (Lipinski definition) is 6. The highest BCUT2D eigenvalue weighted by molar-refractivity contribution is 7.99. The number of rotatable bonds is 10. The third-order valence-electron chi connectivity index (χ3n) is 4.58. The predicted octanol–water partition coefficient (Wildman–Crippen LogP) is 4.33. The van der Waals surface area contributed by atoms with Crippen molar-refractivity contribution in [1.82, 2.24) is 20.2 Å². The second-order valence-corrected chi connectivity index (χ2v) is 7.99. The van der Waals surface area contributed by atoms with Gasteiger partial charge in [0.25, 0.3) is 0 Å². The molecule has 3 aromatic rings. The minimum Gasteiger partial charge on any atom is -0.326 e. The number of benzene rings is 2. The maximum atomic E-state index is 12.2. The summed E-state index contributed by atoms with van der Waals surface area (Å²) in [4.78, 5) is 23.5. The summed E-state index contributed by atoms with van der Waals surface area (Å²) in [6.07, 6.45) is 3.74. The predicted molar refractivity (Wildman–Crippen MR) is 118 cm³/mol. The summed E-state index contributed by atoms with van der Waals surface area (Å²) in [6.45, 7) is 3.70. The number of carbonyl (C=O) groups excluding carboxylic acids is 2. The molecule has 0 aliphatic rings. The lowest BCUT2D eigenvalue weighted by Crippen LogP contribution is -2.12. The van der Waals surface area contributed by atoms with Crippen molar-refractivity contribution in [3.63, 3.8) is 0 Å². The van der Waals surface area contributed by atoms with Gasteiger partial charge in [0.15, 0.2) is 5.78 Å². The van der Waals surface area contributed by atoms with Crippen LogP contribution >= 0.6 is 11.8 Å². The Bertz CT molecular complexity index is 984. The van der Waals surface area contributed by atoms with Crippen molar-refractivity contribution in [3.05, 3.63) is 59.7 Å². The molecule has 0 saturated carbocycles. The van der Waals surface area contributed by atoms with Gasteiger partial charge in [0.05, 0.1) is 5.69 Å². The Morgan fingerprint density at radius 3 is 2.47 bits per heavy atom. The van der Waals surface area contributed by atoms with E-state index in [1.54, 1.807) is 28.9 Å². The number of tetrazole rings is 1. The van der Waals surface area contributed by atoms with Crippen LogP contribution in [0.4, 0.5) is 5.69 Å². The molecule has 30 heavy (non-hydrogen) atoms. The Balaban J connectivity index is 1.51. The molecule has 0 aliphatic carbocycles. The lowest BCUT2D eigenvalue weighted by molar-refractivity contribution is -0.115. The number of aryl methyl sites for hydroxylation is 1. The molecule has 8 heteroatoms. The first kappa shape index (κ1) is 21.7. The number of thioether (sulfide) groups is 1. The third-order valence-corrected chi connectivity index (χ3v) is 5.50. The van der Waals surface area contributed by atoms with E-state index in [-0.39, 0.29) is 11.7 Å². The van der Waals surface area contributed by atoms with E-state index in [1.807, 2.05) is 12.1 Å². The number of unbranched alkanes of at least 4 members (excludes halogenated alkanes) is 1. The number of nitrogens with zero attached hydrogens (tertiary/aromatic N) is 4. The molecule has 156 valence electrons. The van der Waals surface area contributed by atoms with Crippen LogP contribution in [0.25, 0.3) is 5.69 Å². The largest absolute Gasteiger partial charge is 0.326 e. The van der Waals surface area contributed by atoms with Gasteiger partial charge in [0.1, 0.15) is 0 Å². The van der Waals surface area contributed by atoms with Crippen molar-refractivity contribution in [2.24, 2.45) is 0 Å². The number of ketones is 1. The average molecular weight is 424 g/mol. The van der Waals surface area contributed by atoms with Crippen LogP contribution in [-0.2, 0) is 11.2 Å². The van der Waals surface area contributed by atoms with Gasteiger partial charge in [0.2, 0.25) is 11.1 Å². The Labute approximate surface area is 180 Å². The molecule has 0 unspecified atom stereocenters. The molecule has 7 nitrogen and oxygen atoms in total. The van der Waals surface area contributed by atoms with Crippen molar-refractivity contribution in [2.75, 3.05) is 11.1 Å². The topological polar surface area (TPSA) is 89.8 Å². The van der Waals surface area contributed by atoms with Gasteiger partial charge in [-0.05, 0) is 72.2 Å². The van der Waals surface area contributed by atoms with Gasteiger partial charge in [-0.1, -0.05) is 37.2 Å². The van der Waals surface area contributed by atoms with Crippen LogP contribution in [0, 0.1) is 0 Å². The van der Waals surface area contributed by atoms with Crippen molar-refractivity contribution in [1.29, 1.82) is 0 Å².